The van der Waals surface area contributed by atoms with Gasteiger partial charge < -0.3 is 20.6 Å². The number of amides is 1. The van der Waals surface area contributed by atoms with E-state index in [1.807, 2.05) is 0 Å². The van der Waals surface area contributed by atoms with Gasteiger partial charge in [-0.3, -0.25) is 4.79 Å². The summed E-state index contributed by atoms with van der Waals surface area (Å²) in [5.41, 5.74) is 0. The number of unbranched alkanes of at least 4 members (excludes halogenated alkanes) is 53. The Hall–Kier alpha value is -0.910. The summed E-state index contributed by atoms with van der Waals surface area (Å²) in [6.45, 7) is 4.22. The molecule has 72 heavy (non-hydrogen) atoms. The van der Waals surface area contributed by atoms with Crippen LogP contribution in [0.2, 0.25) is 0 Å². The van der Waals surface area contributed by atoms with Gasteiger partial charge in [0.15, 0.2) is 0 Å². The van der Waals surface area contributed by atoms with Crippen LogP contribution in [0.1, 0.15) is 386 Å². The second kappa shape index (κ2) is 62.6. The Morgan fingerprint density at radius 2 is 0.556 bits per heavy atom. The number of carbonyl (C=O) groups excluding carboxylic acids is 1. The highest BCUT2D eigenvalue weighted by atomic mass is 16.3. The fourth-order valence-electron chi connectivity index (χ4n) is 11.0. The Morgan fingerprint density at radius 3 is 0.806 bits per heavy atom. The van der Waals surface area contributed by atoms with Crippen molar-refractivity contribution >= 4 is 5.91 Å². The molecule has 1 amide bonds. The standard InChI is InChI=1S/C67H133NO4/c1-3-5-7-9-11-13-15-17-19-21-23-25-27-28-29-30-31-32-33-34-35-36-37-38-40-42-44-46-48-50-52-54-56-58-60-62-66(71)68-64(63-69)67(72)65(70)61-59-57-55-53-51-49-47-45-43-41-39-26-24-22-20-18-16-14-12-10-8-6-4-2/h53,55,64-65,67,69-70,72H,3-52,54,56-63H2,1-2H3,(H,68,71)/b55-53+. The summed E-state index contributed by atoms with van der Waals surface area (Å²) in [5.74, 6) is -0.145. The predicted molar refractivity (Wildman–Crippen MR) is 319 cm³/mol. The van der Waals surface area contributed by atoms with Crippen molar-refractivity contribution in [2.75, 3.05) is 6.61 Å². The van der Waals surface area contributed by atoms with Crippen LogP contribution in [-0.4, -0.2) is 46.1 Å². The summed E-state index contributed by atoms with van der Waals surface area (Å²) in [7, 11) is 0. The van der Waals surface area contributed by atoms with E-state index in [0.29, 0.717) is 12.8 Å². The molecule has 0 aliphatic carbocycles. The number of aliphatic hydroxyl groups excluding tert-OH is 3. The van der Waals surface area contributed by atoms with Crippen molar-refractivity contribution in [3.05, 3.63) is 12.2 Å². The molecule has 0 saturated heterocycles. The molecule has 430 valence electrons. The maximum atomic E-state index is 12.6. The van der Waals surface area contributed by atoms with Crippen LogP contribution < -0.4 is 5.32 Å². The number of nitrogens with one attached hydrogen (secondary N) is 1. The quantitative estimate of drug-likeness (QED) is 0.0361. The fourth-order valence-corrected chi connectivity index (χ4v) is 11.0. The van der Waals surface area contributed by atoms with E-state index in [1.54, 1.807) is 0 Å². The summed E-state index contributed by atoms with van der Waals surface area (Å²) >= 11 is 0. The van der Waals surface area contributed by atoms with Crippen LogP contribution in [-0.2, 0) is 4.79 Å². The molecule has 0 rings (SSSR count). The normalized spacial score (nSPS) is 13.1. The SMILES string of the molecule is CCCCCCCCCCCCCCCCCCCC/C=C/CCCC(O)C(O)C(CO)NC(=O)CCCCCCCCCCCCCCCCCCCCCCCCCCCCCCCCCCCCC. The number of hydrogen-bond acceptors (Lipinski definition) is 4. The van der Waals surface area contributed by atoms with E-state index < -0.39 is 18.2 Å². The van der Waals surface area contributed by atoms with Gasteiger partial charge in [-0.05, 0) is 38.5 Å². The average molecular weight is 1020 g/mol. The lowest BCUT2D eigenvalue weighted by Crippen LogP contribution is -2.50. The third-order valence-electron chi connectivity index (χ3n) is 16.1. The van der Waals surface area contributed by atoms with Crippen molar-refractivity contribution in [3.8, 4) is 0 Å². The minimum Gasteiger partial charge on any atom is -0.394 e. The van der Waals surface area contributed by atoms with E-state index in [2.05, 4.69) is 31.3 Å². The van der Waals surface area contributed by atoms with Crippen molar-refractivity contribution in [2.24, 2.45) is 0 Å². The molecule has 0 radical (unpaired) electrons. The summed E-state index contributed by atoms with van der Waals surface area (Å²) < 4.78 is 0. The third-order valence-corrected chi connectivity index (χ3v) is 16.1. The molecule has 4 N–H and O–H groups in total. The molecule has 0 aromatic heterocycles. The van der Waals surface area contributed by atoms with Crippen molar-refractivity contribution in [1.29, 1.82) is 0 Å². The highest BCUT2D eigenvalue weighted by Crippen LogP contribution is 2.19. The Bertz CT molecular complexity index is 1030. The molecule has 0 fully saturated rings. The Balaban J connectivity index is 3.45. The zero-order chi connectivity index (χ0) is 52.2. The summed E-state index contributed by atoms with van der Waals surface area (Å²) in [6, 6.07) is -0.824. The molecule has 0 aromatic rings. The summed E-state index contributed by atoms with van der Waals surface area (Å²) in [4.78, 5) is 12.6. The number of aliphatic hydroxyl groups is 3. The first-order valence-corrected chi connectivity index (χ1v) is 33.5. The molecule has 3 atom stereocenters. The zero-order valence-corrected chi connectivity index (χ0v) is 49.4. The molecule has 0 aliphatic rings. The minimum atomic E-state index is -1.16. The van der Waals surface area contributed by atoms with Crippen LogP contribution in [0.25, 0.3) is 0 Å². The monoisotopic (exact) mass is 1020 g/mol. The van der Waals surface area contributed by atoms with Crippen LogP contribution in [0, 0.1) is 0 Å². The maximum absolute atomic E-state index is 12.6. The van der Waals surface area contributed by atoms with Gasteiger partial charge in [-0.1, -0.05) is 353 Å². The molecule has 0 heterocycles. The van der Waals surface area contributed by atoms with E-state index in [1.165, 1.54) is 321 Å². The third kappa shape index (κ3) is 56.8. The van der Waals surface area contributed by atoms with E-state index in [-0.39, 0.29) is 12.5 Å². The van der Waals surface area contributed by atoms with Gasteiger partial charge in [-0.2, -0.15) is 0 Å². The van der Waals surface area contributed by atoms with Crippen molar-refractivity contribution in [2.45, 2.75) is 405 Å². The predicted octanol–water partition coefficient (Wildman–Crippen LogP) is 21.4. The highest BCUT2D eigenvalue weighted by molar-refractivity contribution is 5.76. The Labute approximate surface area is 452 Å². The van der Waals surface area contributed by atoms with E-state index in [0.717, 1.165) is 38.5 Å². The van der Waals surface area contributed by atoms with Crippen LogP contribution in [0.5, 0.6) is 0 Å². The van der Waals surface area contributed by atoms with Crippen molar-refractivity contribution in [3.63, 3.8) is 0 Å². The van der Waals surface area contributed by atoms with Crippen LogP contribution in [0.4, 0.5) is 0 Å². The lowest BCUT2D eigenvalue weighted by molar-refractivity contribution is -0.124. The molecule has 5 nitrogen and oxygen atoms in total. The van der Waals surface area contributed by atoms with E-state index >= 15 is 0 Å². The molecule has 5 heteroatoms. The second-order valence-electron chi connectivity index (χ2n) is 23.4. The fraction of sp³-hybridized carbons (Fsp3) is 0.955. The van der Waals surface area contributed by atoms with Gasteiger partial charge >= 0.3 is 0 Å². The van der Waals surface area contributed by atoms with Gasteiger partial charge in [0.2, 0.25) is 5.91 Å². The first kappa shape index (κ1) is 71.1. The average Bonchev–Trinajstić information content (AvgIpc) is 3.39. The number of allylic oxidation sites excluding steroid dienone is 2. The largest absolute Gasteiger partial charge is 0.394 e. The van der Waals surface area contributed by atoms with Gasteiger partial charge in [0.25, 0.3) is 0 Å². The summed E-state index contributed by atoms with van der Waals surface area (Å²) in [6.07, 6.45) is 80.0. The van der Waals surface area contributed by atoms with Gasteiger partial charge in [-0.15, -0.1) is 0 Å². The van der Waals surface area contributed by atoms with Gasteiger partial charge in [0.1, 0.15) is 6.10 Å². The van der Waals surface area contributed by atoms with E-state index in [4.69, 9.17) is 0 Å². The van der Waals surface area contributed by atoms with Gasteiger partial charge in [-0.25, -0.2) is 0 Å². The van der Waals surface area contributed by atoms with E-state index in [9.17, 15) is 20.1 Å². The highest BCUT2D eigenvalue weighted by Gasteiger charge is 2.26. The Morgan fingerprint density at radius 1 is 0.333 bits per heavy atom. The lowest BCUT2D eigenvalue weighted by Gasteiger charge is -2.26. The van der Waals surface area contributed by atoms with Crippen molar-refractivity contribution < 1.29 is 20.1 Å². The number of rotatable bonds is 63. The molecule has 0 spiro atoms. The van der Waals surface area contributed by atoms with Crippen LogP contribution in [0.3, 0.4) is 0 Å². The smallest absolute Gasteiger partial charge is 0.220 e. The number of hydrogen-bond donors (Lipinski definition) is 4. The molecular weight excluding hydrogens is 883 g/mol. The molecule has 0 aromatic carbocycles. The van der Waals surface area contributed by atoms with Crippen molar-refractivity contribution in [1.82, 2.24) is 5.32 Å². The van der Waals surface area contributed by atoms with Crippen LogP contribution in [0.15, 0.2) is 12.2 Å². The zero-order valence-electron chi connectivity index (χ0n) is 49.4. The second-order valence-corrected chi connectivity index (χ2v) is 23.4. The first-order chi connectivity index (χ1) is 35.6. The maximum Gasteiger partial charge on any atom is 0.220 e. The first-order valence-electron chi connectivity index (χ1n) is 33.5. The van der Waals surface area contributed by atoms with Crippen LogP contribution >= 0.6 is 0 Å². The van der Waals surface area contributed by atoms with Gasteiger partial charge in [0.05, 0.1) is 18.8 Å². The topological polar surface area (TPSA) is 89.8 Å². The molecule has 0 saturated carbocycles. The molecular formula is C67H133NO4. The lowest BCUT2D eigenvalue weighted by atomic mass is 10.0. The molecule has 0 bridgehead atoms. The Kier molecular flexibility index (Phi) is 61.8. The van der Waals surface area contributed by atoms with Gasteiger partial charge in [0, 0.05) is 6.42 Å². The number of carbonyl (C=O) groups is 1. The molecule has 0 aliphatic heterocycles. The minimum absolute atomic E-state index is 0.145. The summed E-state index contributed by atoms with van der Waals surface area (Å²) in [5, 5.41) is 33.9. The molecule has 3 unspecified atom stereocenters.